The Bertz CT molecular complexity index is 977. The molecule has 3 rings (SSSR count). The van der Waals surface area contributed by atoms with Crippen molar-refractivity contribution in [3.63, 3.8) is 0 Å². The third kappa shape index (κ3) is 4.64. The van der Waals surface area contributed by atoms with Gasteiger partial charge in [-0.25, -0.2) is 0 Å². The topological polar surface area (TPSA) is 50.4 Å². The van der Waals surface area contributed by atoms with Gasteiger partial charge in [0.05, 0.1) is 17.7 Å². The number of thiocarbonyl (C=S) groups is 1. The quantitative estimate of drug-likeness (QED) is 0.599. The van der Waals surface area contributed by atoms with Gasteiger partial charge in [0.2, 0.25) is 0 Å². The number of halogens is 1. The first kappa shape index (κ1) is 18.9. The Morgan fingerprint density at radius 2 is 1.70 bits per heavy atom. The van der Waals surface area contributed by atoms with E-state index < -0.39 is 0 Å². The summed E-state index contributed by atoms with van der Waals surface area (Å²) in [6.07, 6.45) is 0. The Hall–Kier alpha value is -2.89. The number of anilines is 1. The van der Waals surface area contributed by atoms with E-state index in [1.54, 1.807) is 31.4 Å². The van der Waals surface area contributed by atoms with Gasteiger partial charge in [-0.2, -0.15) is 0 Å². The molecule has 2 N–H and O–H groups in total. The van der Waals surface area contributed by atoms with Crippen molar-refractivity contribution in [1.82, 2.24) is 5.32 Å². The van der Waals surface area contributed by atoms with Crippen LogP contribution in [-0.2, 0) is 0 Å². The van der Waals surface area contributed by atoms with Crippen molar-refractivity contribution in [3.05, 3.63) is 83.4 Å². The summed E-state index contributed by atoms with van der Waals surface area (Å²) in [7, 11) is 1.61. The van der Waals surface area contributed by atoms with Gasteiger partial charge in [-0.1, -0.05) is 54.1 Å². The van der Waals surface area contributed by atoms with Gasteiger partial charge >= 0.3 is 0 Å². The van der Waals surface area contributed by atoms with Crippen molar-refractivity contribution in [2.24, 2.45) is 0 Å². The normalized spacial score (nSPS) is 10.1. The van der Waals surface area contributed by atoms with E-state index >= 15 is 0 Å². The van der Waals surface area contributed by atoms with E-state index in [1.807, 2.05) is 48.5 Å². The van der Waals surface area contributed by atoms with Gasteiger partial charge in [0.15, 0.2) is 5.11 Å². The number of hydrogen-bond acceptors (Lipinski definition) is 3. The summed E-state index contributed by atoms with van der Waals surface area (Å²) in [4.78, 5) is 12.3. The number of benzene rings is 3. The Kier molecular flexibility index (Phi) is 6.06. The molecule has 0 heterocycles. The number of hydrogen-bond donors (Lipinski definition) is 2. The molecule has 0 atom stereocenters. The minimum absolute atomic E-state index is 0.175. The second kappa shape index (κ2) is 8.66. The van der Waals surface area contributed by atoms with Crippen LogP contribution < -0.4 is 15.4 Å². The fourth-order valence-corrected chi connectivity index (χ4v) is 3.04. The molecular weight excluding hydrogens is 380 g/mol. The Morgan fingerprint density at radius 1 is 1.00 bits per heavy atom. The second-order valence-corrected chi connectivity index (χ2v) is 6.48. The van der Waals surface area contributed by atoms with Gasteiger partial charge in [-0.05, 0) is 42.0 Å². The summed E-state index contributed by atoms with van der Waals surface area (Å²) in [5, 5.41) is 6.16. The second-order valence-electron chi connectivity index (χ2n) is 5.67. The Balaban J connectivity index is 1.73. The van der Waals surface area contributed by atoms with Crippen LogP contribution in [0.2, 0.25) is 5.02 Å². The molecule has 0 aromatic heterocycles. The average Bonchev–Trinajstić information content (AvgIpc) is 2.68. The van der Waals surface area contributed by atoms with Crippen molar-refractivity contribution in [2.45, 2.75) is 0 Å². The first-order valence-electron chi connectivity index (χ1n) is 8.19. The molecule has 0 aliphatic carbocycles. The smallest absolute Gasteiger partial charge is 0.258 e. The molecule has 1 amide bonds. The number of nitrogens with one attached hydrogen (secondary N) is 2. The molecule has 0 saturated carbocycles. The maximum atomic E-state index is 12.3. The predicted molar refractivity (Wildman–Crippen MR) is 114 cm³/mol. The largest absolute Gasteiger partial charge is 0.496 e. The third-order valence-corrected chi connectivity index (χ3v) is 4.42. The molecule has 136 valence electrons. The molecule has 0 fully saturated rings. The van der Waals surface area contributed by atoms with Gasteiger partial charge in [0.25, 0.3) is 5.91 Å². The molecule has 0 radical (unpaired) electrons. The summed E-state index contributed by atoms with van der Waals surface area (Å²) in [5.41, 5.74) is 3.08. The number of carbonyl (C=O) groups excluding carboxylic acids is 1. The lowest BCUT2D eigenvalue weighted by atomic mass is 10.0. The van der Waals surface area contributed by atoms with Crippen LogP contribution >= 0.6 is 23.8 Å². The maximum absolute atomic E-state index is 12.3. The number of methoxy groups -OCH3 is 1. The van der Waals surface area contributed by atoms with Crippen LogP contribution in [0.15, 0.2) is 72.8 Å². The van der Waals surface area contributed by atoms with Crippen molar-refractivity contribution < 1.29 is 9.53 Å². The van der Waals surface area contributed by atoms with Gasteiger partial charge in [-0.15, -0.1) is 0 Å². The van der Waals surface area contributed by atoms with E-state index in [9.17, 15) is 4.79 Å². The molecule has 0 saturated heterocycles. The van der Waals surface area contributed by atoms with Gasteiger partial charge in [0, 0.05) is 17.3 Å². The van der Waals surface area contributed by atoms with Crippen LogP contribution in [-0.4, -0.2) is 18.1 Å². The summed E-state index contributed by atoms with van der Waals surface area (Å²) in [6.45, 7) is 0. The predicted octanol–water partition coefficient (Wildman–Crippen LogP) is 5.14. The summed E-state index contributed by atoms with van der Waals surface area (Å²) >= 11 is 11.3. The third-order valence-electron chi connectivity index (χ3n) is 3.89. The highest BCUT2D eigenvalue weighted by atomic mass is 35.5. The number of amides is 1. The summed E-state index contributed by atoms with van der Waals surface area (Å²) in [6, 6.07) is 22.4. The zero-order valence-electron chi connectivity index (χ0n) is 14.5. The fourth-order valence-electron chi connectivity index (χ4n) is 2.60. The van der Waals surface area contributed by atoms with Crippen LogP contribution in [0, 0.1) is 0 Å². The lowest BCUT2D eigenvalue weighted by molar-refractivity contribution is 0.0978. The number of ether oxygens (including phenoxy) is 1. The van der Waals surface area contributed by atoms with E-state index in [2.05, 4.69) is 10.6 Å². The fraction of sp³-hybridized carbons (Fsp3) is 0.0476. The minimum Gasteiger partial charge on any atom is -0.496 e. The molecule has 4 nitrogen and oxygen atoms in total. The minimum atomic E-state index is -0.369. The molecule has 6 heteroatoms. The number of rotatable bonds is 4. The Morgan fingerprint density at radius 3 is 2.41 bits per heavy atom. The van der Waals surface area contributed by atoms with Crippen LogP contribution in [0.25, 0.3) is 11.1 Å². The number of carbonyl (C=O) groups is 1. The maximum Gasteiger partial charge on any atom is 0.258 e. The van der Waals surface area contributed by atoms with Gasteiger partial charge in [-0.3, -0.25) is 10.1 Å². The molecule has 0 spiro atoms. The summed E-state index contributed by atoms with van der Waals surface area (Å²) < 4.78 is 5.50. The van der Waals surface area contributed by atoms with E-state index in [-0.39, 0.29) is 11.0 Å². The van der Waals surface area contributed by atoms with E-state index in [1.165, 1.54) is 0 Å². The van der Waals surface area contributed by atoms with Gasteiger partial charge < -0.3 is 10.1 Å². The van der Waals surface area contributed by atoms with Crippen LogP contribution in [0.4, 0.5) is 5.69 Å². The highest BCUT2D eigenvalue weighted by molar-refractivity contribution is 7.80. The SMILES string of the molecule is COc1cc(NC(=S)NC(=O)c2ccccc2Cl)ccc1-c1ccccc1. The van der Waals surface area contributed by atoms with Crippen molar-refractivity contribution in [2.75, 3.05) is 12.4 Å². The highest BCUT2D eigenvalue weighted by Gasteiger charge is 2.12. The van der Waals surface area contributed by atoms with Crippen LogP contribution in [0.5, 0.6) is 5.75 Å². The zero-order chi connectivity index (χ0) is 19.2. The van der Waals surface area contributed by atoms with Crippen LogP contribution in [0.1, 0.15) is 10.4 Å². The van der Waals surface area contributed by atoms with Crippen molar-refractivity contribution in [3.8, 4) is 16.9 Å². The van der Waals surface area contributed by atoms with Crippen molar-refractivity contribution >= 4 is 40.5 Å². The van der Waals surface area contributed by atoms with E-state index in [0.717, 1.165) is 11.1 Å². The molecular formula is C21H17ClN2O2S. The van der Waals surface area contributed by atoms with Gasteiger partial charge in [0.1, 0.15) is 5.75 Å². The lowest BCUT2D eigenvalue weighted by Crippen LogP contribution is -2.34. The van der Waals surface area contributed by atoms with Crippen LogP contribution in [0.3, 0.4) is 0 Å². The molecule has 3 aromatic carbocycles. The Labute approximate surface area is 168 Å². The van der Waals surface area contributed by atoms with E-state index in [0.29, 0.717) is 22.0 Å². The molecule has 0 aliphatic heterocycles. The standard InChI is InChI=1S/C21H17ClN2O2S/c1-26-19-13-15(11-12-16(19)14-7-3-2-4-8-14)23-21(27)24-20(25)17-9-5-6-10-18(17)22/h2-13H,1H3,(H2,23,24,25,27). The average molecular weight is 397 g/mol. The lowest BCUT2D eigenvalue weighted by Gasteiger charge is -2.14. The van der Waals surface area contributed by atoms with E-state index in [4.69, 9.17) is 28.6 Å². The molecule has 0 unspecified atom stereocenters. The highest BCUT2D eigenvalue weighted by Crippen LogP contribution is 2.32. The summed E-state index contributed by atoms with van der Waals surface area (Å²) in [5.74, 6) is 0.331. The monoisotopic (exact) mass is 396 g/mol. The molecule has 0 bridgehead atoms. The first-order valence-corrected chi connectivity index (χ1v) is 8.97. The molecule has 3 aromatic rings. The molecule has 27 heavy (non-hydrogen) atoms. The zero-order valence-corrected chi connectivity index (χ0v) is 16.1. The van der Waals surface area contributed by atoms with Crippen molar-refractivity contribution in [1.29, 1.82) is 0 Å². The molecule has 0 aliphatic rings. The first-order chi connectivity index (χ1) is 13.1.